The first-order chi connectivity index (χ1) is 16.1. The number of carbonyl (C=O) groups excluding carboxylic acids is 3. The number of anilines is 1. The summed E-state index contributed by atoms with van der Waals surface area (Å²) < 4.78 is 12.1. The smallest absolute Gasteiger partial charge is 0.357 e. The molecule has 8 nitrogen and oxygen atoms in total. The first kappa shape index (κ1) is 20.7. The Morgan fingerprint density at radius 3 is 2.73 bits per heavy atom. The van der Waals surface area contributed by atoms with Gasteiger partial charge in [0.15, 0.2) is 24.7 Å². The highest BCUT2D eigenvalue weighted by atomic mass is 32.1. The van der Waals surface area contributed by atoms with Crippen LogP contribution in [0.15, 0.2) is 72.1 Å². The largest absolute Gasteiger partial charge is 0.482 e. The summed E-state index contributed by atoms with van der Waals surface area (Å²) in [5.41, 5.74) is 2.25. The van der Waals surface area contributed by atoms with Crippen LogP contribution in [0.1, 0.15) is 20.8 Å². The van der Waals surface area contributed by atoms with Crippen LogP contribution in [0.3, 0.4) is 0 Å². The van der Waals surface area contributed by atoms with E-state index in [1.807, 2.05) is 47.8 Å². The lowest BCUT2D eigenvalue weighted by atomic mass is 10.1. The van der Waals surface area contributed by atoms with E-state index in [4.69, 9.17) is 9.47 Å². The van der Waals surface area contributed by atoms with Gasteiger partial charge in [0.2, 0.25) is 0 Å². The molecule has 1 N–H and O–H groups in total. The number of rotatable bonds is 6. The molecule has 0 bridgehead atoms. The van der Waals surface area contributed by atoms with Crippen molar-refractivity contribution in [2.45, 2.75) is 0 Å². The number of nitrogens with zero attached hydrogens (tertiary/aromatic N) is 2. The number of esters is 1. The number of ketones is 1. The lowest BCUT2D eigenvalue weighted by molar-refractivity contribution is -0.118. The van der Waals surface area contributed by atoms with Crippen molar-refractivity contribution in [2.75, 3.05) is 18.5 Å². The van der Waals surface area contributed by atoms with Gasteiger partial charge in [0, 0.05) is 11.6 Å². The molecule has 164 valence electrons. The number of nitrogens with one attached hydrogen (secondary N) is 1. The minimum Gasteiger partial charge on any atom is -0.482 e. The van der Waals surface area contributed by atoms with Gasteiger partial charge >= 0.3 is 5.97 Å². The normalized spacial score (nSPS) is 12.4. The van der Waals surface area contributed by atoms with Crippen LogP contribution in [0.4, 0.5) is 5.69 Å². The number of aromatic nitrogens is 2. The van der Waals surface area contributed by atoms with E-state index < -0.39 is 18.4 Å². The molecule has 0 spiro atoms. The van der Waals surface area contributed by atoms with Gasteiger partial charge in [-0.1, -0.05) is 24.3 Å². The van der Waals surface area contributed by atoms with Crippen LogP contribution in [0.25, 0.3) is 16.3 Å². The van der Waals surface area contributed by atoms with Crippen LogP contribution < -0.4 is 10.1 Å². The van der Waals surface area contributed by atoms with Crippen LogP contribution in [0.5, 0.6) is 5.75 Å². The van der Waals surface area contributed by atoms with E-state index in [1.54, 1.807) is 18.2 Å². The number of Topliss-reactive ketones (excluding diaryl/α,β-unsaturated/α-hetero) is 1. The summed E-state index contributed by atoms with van der Waals surface area (Å²) in [7, 11) is 0. The van der Waals surface area contributed by atoms with Crippen molar-refractivity contribution >= 4 is 34.7 Å². The molecule has 1 aliphatic heterocycles. The van der Waals surface area contributed by atoms with Crippen molar-refractivity contribution in [1.29, 1.82) is 0 Å². The third-order valence-electron chi connectivity index (χ3n) is 4.96. The molecule has 2 aromatic heterocycles. The van der Waals surface area contributed by atoms with Gasteiger partial charge < -0.3 is 14.8 Å². The monoisotopic (exact) mass is 459 g/mol. The zero-order valence-corrected chi connectivity index (χ0v) is 18.0. The number of thiophene rings is 1. The second-order valence-corrected chi connectivity index (χ2v) is 8.13. The van der Waals surface area contributed by atoms with Crippen LogP contribution in [-0.2, 0) is 9.53 Å². The lowest BCUT2D eigenvalue weighted by Gasteiger charge is -2.18. The number of carbonyl (C=O) groups is 3. The highest BCUT2D eigenvalue weighted by Crippen LogP contribution is 2.29. The van der Waals surface area contributed by atoms with Crippen molar-refractivity contribution in [1.82, 2.24) is 9.78 Å². The fraction of sp³-hybridized carbons (Fsp3) is 0.0833. The summed E-state index contributed by atoms with van der Waals surface area (Å²) in [5.74, 6) is -0.891. The maximum absolute atomic E-state index is 12.9. The van der Waals surface area contributed by atoms with E-state index in [2.05, 4.69) is 10.4 Å². The molecular weight excluding hydrogens is 442 g/mol. The van der Waals surface area contributed by atoms with Crippen LogP contribution in [-0.4, -0.2) is 40.7 Å². The van der Waals surface area contributed by atoms with Gasteiger partial charge in [-0.25, -0.2) is 9.48 Å². The van der Waals surface area contributed by atoms with E-state index in [-0.39, 0.29) is 18.2 Å². The molecule has 9 heteroatoms. The van der Waals surface area contributed by atoms with Crippen molar-refractivity contribution in [3.05, 3.63) is 83.4 Å². The summed E-state index contributed by atoms with van der Waals surface area (Å²) in [6.07, 6.45) is 0. The molecule has 4 aromatic rings. The molecule has 3 heterocycles. The number of ether oxygens (including phenoxy) is 2. The van der Waals surface area contributed by atoms with Crippen molar-refractivity contribution < 1.29 is 23.9 Å². The van der Waals surface area contributed by atoms with Crippen LogP contribution >= 0.6 is 11.3 Å². The molecule has 0 aliphatic carbocycles. The first-order valence-corrected chi connectivity index (χ1v) is 10.9. The Morgan fingerprint density at radius 1 is 1.09 bits per heavy atom. The summed E-state index contributed by atoms with van der Waals surface area (Å²) in [6.45, 7) is -0.527. The Hall–Kier alpha value is -4.24. The maximum atomic E-state index is 12.9. The van der Waals surface area contributed by atoms with Gasteiger partial charge in [-0.15, -0.1) is 11.3 Å². The average Bonchev–Trinajstić information content (AvgIpc) is 3.52. The highest BCUT2D eigenvalue weighted by Gasteiger charge is 2.22. The summed E-state index contributed by atoms with van der Waals surface area (Å²) in [5, 5.41) is 9.15. The number of fused-ring (bicyclic) bond motifs is 1. The molecule has 1 amide bonds. The van der Waals surface area contributed by atoms with E-state index in [0.29, 0.717) is 28.4 Å². The fourth-order valence-electron chi connectivity index (χ4n) is 3.38. The molecule has 0 saturated heterocycles. The zero-order valence-electron chi connectivity index (χ0n) is 17.2. The van der Waals surface area contributed by atoms with E-state index >= 15 is 0 Å². The Morgan fingerprint density at radius 2 is 1.94 bits per heavy atom. The third kappa shape index (κ3) is 4.26. The molecule has 5 rings (SSSR count). The minimum absolute atomic E-state index is 0.0690. The van der Waals surface area contributed by atoms with Gasteiger partial charge in [-0.3, -0.25) is 9.59 Å². The van der Waals surface area contributed by atoms with Gasteiger partial charge in [0.25, 0.3) is 5.91 Å². The number of hydrogen-bond acceptors (Lipinski definition) is 7. The number of benzene rings is 2. The van der Waals surface area contributed by atoms with Crippen LogP contribution in [0.2, 0.25) is 0 Å². The predicted molar refractivity (Wildman–Crippen MR) is 122 cm³/mol. The Bertz CT molecular complexity index is 1350. The topological polar surface area (TPSA) is 99.5 Å². The third-order valence-corrected chi connectivity index (χ3v) is 5.85. The molecular formula is C24H17N3O5S. The van der Waals surface area contributed by atoms with Gasteiger partial charge in [0.1, 0.15) is 11.4 Å². The predicted octanol–water partition coefficient (Wildman–Crippen LogP) is 3.97. The molecule has 0 saturated carbocycles. The van der Waals surface area contributed by atoms with Crippen molar-refractivity contribution in [3.63, 3.8) is 0 Å². The minimum atomic E-state index is -0.669. The average molecular weight is 459 g/mol. The Balaban J connectivity index is 1.36. The maximum Gasteiger partial charge on any atom is 0.357 e. The molecule has 0 atom stereocenters. The van der Waals surface area contributed by atoms with Gasteiger partial charge in [0.05, 0.1) is 16.3 Å². The Kier molecular flexibility index (Phi) is 5.45. The SMILES string of the molecule is O=C1COc2ccc(C(=O)COC(=O)c3cc(-c4cccs4)nn3-c3ccccc3)cc2N1. The summed E-state index contributed by atoms with van der Waals surface area (Å²) >= 11 is 1.51. The van der Waals surface area contributed by atoms with Crippen molar-refractivity contribution in [2.24, 2.45) is 0 Å². The van der Waals surface area contributed by atoms with E-state index in [0.717, 1.165) is 4.88 Å². The number of amides is 1. The summed E-state index contributed by atoms with van der Waals surface area (Å²) in [6, 6.07) is 19.4. The second kappa shape index (κ2) is 8.71. The van der Waals surface area contributed by atoms with Gasteiger partial charge in [-0.2, -0.15) is 5.10 Å². The Labute approximate surface area is 192 Å². The molecule has 1 aliphatic rings. The standard InChI is InChI=1S/C24H17N3O5S/c28-20(15-8-9-21-17(11-15)25-23(29)14-31-21)13-32-24(30)19-12-18(22-7-4-10-33-22)26-27(19)16-5-2-1-3-6-16/h1-12H,13-14H2,(H,25,29). The molecule has 0 unspecified atom stereocenters. The van der Waals surface area contributed by atoms with Gasteiger partial charge in [-0.05, 0) is 41.8 Å². The molecule has 0 radical (unpaired) electrons. The molecule has 2 aromatic carbocycles. The second-order valence-electron chi connectivity index (χ2n) is 7.19. The first-order valence-electron chi connectivity index (χ1n) is 10.0. The molecule has 0 fully saturated rings. The van der Waals surface area contributed by atoms with Crippen molar-refractivity contribution in [3.8, 4) is 22.0 Å². The number of para-hydroxylation sites is 1. The van der Waals surface area contributed by atoms with E-state index in [1.165, 1.54) is 22.1 Å². The van der Waals surface area contributed by atoms with Crippen LogP contribution in [0, 0.1) is 0 Å². The lowest BCUT2D eigenvalue weighted by Crippen LogP contribution is -2.25. The highest BCUT2D eigenvalue weighted by molar-refractivity contribution is 7.13. The quantitative estimate of drug-likeness (QED) is 0.346. The van der Waals surface area contributed by atoms with E-state index in [9.17, 15) is 14.4 Å². The number of hydrogen-bond donors (Lipinski definition) is 1. The zero-order chi connectivity index (χ0) is 22.8. The molecule has 33 heavy (non-hydrogen) atoms. The fourth-order valence-corrected chi connectivity index (χ4v) is 4.06. The summed E-state index contributed by atoms with van der Waals surface area (Å²) in [4.78, 5) is 38.0.